The van der Waals surface area contributed by atoms with Crippen molar-refractivity contribution in [2.24, 2.45) is 0 Å². The number of hydrogen-bond acceptors (Lipinski definition) is 4. The molecule has 21 heavy (non-hydrogen) atoms. The van der Waals surface area contributed by atoms with Gasteiger partial charge >= 0.3 is 0 Å². The zero-order valence-electron chi connectivity index (χ0n) is 12.0. The van der Waals surface area contributed by atoms with Crippen molar-refractivity contribution in [2.75, 3.05) is 11.9 Å². The number of carbonyl (C=O) groups is 2. The first kappa shape index (κ1) is 15.0. The highest BCUT2D eigenvalue weighted by atomic mass is 16.5. The lowest BCUT2D eigenvalue weighted by Gasteiger charge is -2.04. The normalized spacial score (nSPS) is 10.4. The summed E-state index contributed by atoms with van der Waals surface area (Å²) < 4.78 is 10.6. The van der Waals surface area contributed by atoms with Gasteiger partial charge in [-0.05, 0) is 50.2 Å². The summed E-state index contributed by atoms with van der Waals surface area (Å²) in [6.07, 6.45) is 0. The van der Waals surface area contributed by atoms with E-state index in [1.807, 2.05) is 6.92 Å². The van der Waals surface area contributed by atoms with E-state index in [2.05, 4.69) is 5.32 Å². The highest BCUT2D eigenvalue weighted by molar-refractivity contribution is 6.02. The van der Waals surface area contributed by atoms with E-state index >= 15 is 0 Å². The Morgan fingerprint density at radius 1 is 1.14 bits per heavy atom. The molecular weight excluding hydrogens is 270 g/mol. The third-order valence-electron chi connectivity index (χ3n) is 2.88. The number of hydrogen-bond donors (Lipinski definition) is 1. The molecule has 1 aromatic heterocycles. The molecule has 0 atom stereocenters. The van der Waals surface area contributed by atoms with Crippen LogP contribution < -0.4 is 5.32 Å². The molecule has 0 aliphatic carbocycles. The van der Waals surface area contributed by atoms with Gasteiger partial charge in [-0.3, -0.25) is 9.59 Å². The third-order valence-corrected chi connectivity index (χ3v) is 2.88. The van der Waals surface area contributed by atoms with Crippen molar-refractivity contribution in [3.63, 3.8) is 0 Å². The van der Waals surface area contributed by atoms with Gasteiger partial charge in [-0.15, -0.1) is 0 Å². The first-order valence-corrected chi connectivity index (χ1v) is 6.69. The predicted molar refractivity (Wildman–Crippen MR) is 78.4 cm³/mol. The van der Waals surface area contributed by atoms with Crippen molar-refractivity contribution in [1.29, 1.82) is 0 Å². The number of Topliss-reactive ketones (excluding diaryl/α,β-unsaturated/α-hetero) is 1. The van der Waals surface area contributed by atoms with Crippen molar-refractivity contribution in [3.05, 3.63) is 53.5 Å². The van der Waals surface area contributed by atoms with Gasteiger partial charge in [0.05, 0.1) is 0 Å². The van der Waals surface area contributed by atoms with Crippen molar-refractivity contribution >= 4 is 17.4 Å². The molecule has 0 fully saturated rings. The molecule has 0 spiro atoms. The Hall–Kier alpha value is -2.40. The van der Waals surface area contributed by atoms with Crippen LogP contribution in [0, 0.1) is 0 Å². The van der Waals surface area contributed by atoms with Gasteiger partial charge in [0.15, 0.2) is 11.5 Å². The van der Waals surface area contributed by atoms with Crippen LogP contribution in [0.3, 0.4) is 0 Å². The minimum absolute atomic E-state index is 0.0144. The Labute approximate surface area is 122 Å². The molecule has 2 aromatic rings. The van der Waals surface area contributed by atoms with Gasteiger partial charge in [-0.2, -0.15) is 0 Å². The largest absolute Gasteiger partial charge is 0.453 e. The molecule has 5 heteroatoms. The van der Waals surface area contributed by atoms with Gasteiger partial charge in [0.25, 0.3) is 5.91 Å². The Bertz CT molecular complexity index is 628. The highest BCUT2D eigenvalue weighted by Gasteiger charge is 2.11. The van der Waals surface area contributed by atoms with Gasteiger partial charge in [-0.25, -0.2) is 0 Å². The van der Waals surface area contributed by atoms with Gasteiger partial charge in [0, 0.05) is 17.9 Å². The zero-order valence-corrected chi connectivity index (χ0v) is 12.0. The molecule has 0 radical (unpaired) electrons. The number of rotatable bonds is 6. The summed E-state index contributed by atoms with van der Waals surface area (Å²) in [4.78, 5) is 23.2. The molecule has 2 rings (SSSR count). The number of anilines is 1. The molecule has 1 heterocycles. The number of furan rings is 1. The fraction of sp³-hybridized carbons (Fsp3) is 0.250. The van der Waals surface area contributed by atoms with Crippen molar-refractivity contribution < 1.29 is 18.7 Å². The van der Waals surface area contributed by atoms with Crippen molar-refractivity contribution in [3.8, 4) is 0 Å². The van der Waals surface area contributed by atoms with E-state index in [1.165, 1.54) is 6.92 Å². The van der Waals surface area contributed by atoms with Crippen LogP contribution in [0.2, 0.25) is 0 Å². The zero-order chi connectivity index (χ0) is 15.2. The standard InChI is InChI=1S/C16H17NO4/c1-3-20-10-14-8-9-15(21-14)16(19)17-13-6-4-12(5-7-13)11(2)18/h4-9H,3,10H2,1-2H3,(H,17,19). The Kier molecular flexibility index (Phi) is 4.90. The molecule has 1 N–H and O–H groups in total. The quantitative estimate of drug-likeness (QED) is 0.828. The molecule has 1 aromatic carbocycles. The van der Waals surface area contributed by atoms with Crippen LogP contribution in [-0.4, -0.2) is 18.3 Å². The molecule has 1 amide bonds. The molecule has 0 unspecified atom stereocenters. The summed E-state index contributed by atoms with van der Waals surface area (Å²) >= 11 is 0. The van der Waals surface area contributed by atoms with Crippen molar-refractivity contribution in [1.82, 2.24) is 0 Å². The first-order valence-electron chi connectivity index (χ1n) is 6.69. The molecule has 0 saturated heterocycles. The van der Waals surface area contributed by atoms with E-state index in [0.29, 0.717) is 30.2 Å². The summed E-state index contributed by atoms with van der Waals surface area (Å²) in [6.45, 7) is 4.32. The number of carbonyl (C=O) groups excluding carboxylic acids is 2. The van der Waals surface area contributed by atoms with Crippen LogP contribution in [0.5, 0.6) is 0 Å². The van der Waals surface area contributed by atoms with E-state index in [4.69, 9.17) is 9.15 Å². The maximum atomic E-state index is 12.0. The van der Waals surface area contributed by atoms with Crippen LogP contribution in [0.4, 0.5) is 5.69 Å². The molecule has 0 aliphatic rings. The Morgan fingerprint density at radius 2 is 1.86 bits per heavy atom. The lowest BCUT2D eigenvalue weighted by molar-refractivity contribution is 0.0971. The van der Waals surface area contributed by atoms with E-state index in [0.717, 1.165) is 0 Å². The summed E-state index contributed by atoms with van der Waals surface area (Å²) in [5, 5.41) is 2.71. The first-order chi connectivity index (χ1) is 10.1. The minimum atomic E-state index is -0.340. The van der Waals surface area contributed by atoms with Crippen LogP contribution in [0.25, 0.3) is 0 Å². The maximum Gasteiger partial charge on any atom is 0.291 e. The topological polar surface area (TPSA) is 68.5 Å². The summed E-state index contributed by atoms with van der Waals surface area (Å²) in [6, 6.07) is 10.0. The van der Waals surface area contributed by atoms with Gasteiger partial charge in [0.2, 0.25) is 0 Å². The smallest absolute Gasteiger partial charge is 0.291 e. The monoisotopic (exact) mass is 287 g/mol. The fourth-order valence-electron chi connectivity index (χ4n) is 1.76. The number of nitrogens with one attached hydrogen (secondary N) is 1. The second-order valence-electron chi connectivity index (χ2n) is 4.49. The SMILES string of the molecule is CCOCc1ccc(C(=O)Nc2ccc(C(C)=O)cc2)o1. The predicted octanol–water partition coefficient (Wildman–Crippen LogP) is 3.27. The van der Waals surface area contributed by atoms with Gasteiger partial charge in [-0.1, -0.05) is 0 Å². The van der Waals surface area contributed by atoms with E-state index in [9.17, 15) is 9.59 Å². The summed E-state index contributed by atoms with van der Waals surface area (Å²) in [5.74, 6) is 0.474. The maximum absolute atomic E-state index is 12.0. The number of ketones is 1. The summed E-state index contributed by atoms with van der Waals surface area (Å²) in [5.41, 5.74) is 1.21. The van der Waals surface area contributed by atoms with Gasteiger partial charge < -0.3 is 14.5 Å². The van der Waals surface area contributed by atoms with E-state index < -0.39 is 0 Å². The number of amides is 1. The minimum Gasteiger partial charge on any atom is -0.453 e. The lowest BCUT2D eigenvalue weighted by atomic mass is 10.1. The number of benzene rings is 1. The van der Waals surface area contributed by atoms with Crippen LogP contribution >= 0.6 is 0 Å². The van der Waals surface area contributed by atoms with E-state index in [-0.39, 0.29) is 17.5 Å². The lowest BCUT2D eigenvalue weighted by Crippen LogP contribution is -2.11. The summed E-state index contributed by atoms with van der Waals surface area (Å²) in [7, 11) is 0. The number of ether oxygens (including phenoxy) is 1. The molecule has 0 saturated carbocycles. The molecule has 110 valence electrons. The van der Waals surface area contributed by atoms with Crippen LogP contribution in [0.15, 0.2) is 40.8 Å². The Balaban J connectivity index is 2.00. The fourth-order valence-corrected chi connectivity index (χ4v) is 1.76. The second-order valence-corrected chi connectivity index (χ2v) is 4.49. The Morgan fingerprint density at radius 3 is 2.48 bits per heavy atom. The van der Waals surface area contributed by atoms with E-state index in [1.54, 1.807) is 36.4 Å². The molecule has 5 nitrogen and oxygen atoms in total. The van der Waals surface area contributed by atoms with Crippen molar-refractivity contribution in [2.45, 2.75) is 20.5 Å². The molecule has 0 aliphatic heterocycles. The van der Waals surface area contributed by atoms with Gasteiger partial charge in [0.1, 0.15) is 12.4 Å². The molecule has 0 bridgehead atoms. The van der Waals surface area contributed by atoms with Crippen LogP contribution in [-0.2, 0) is 11.3 Å². The third kappa shape index (κ3) is 4.03. The average Bonchev–Trinajstić information content (AvgIpc) is 2.94. The highest BCUT2D eigenvalue weighted by Crippen LogP contribution is 2.14. The molecular formula is C16H17NO4. The average molecular weight is 287 g/mol. The van der Waals surface area contributed by atoms with Crippen LogP contribution in [0.1, 0.15) is 40.5 Å². The second kappa shape index (κ2) is 6.85.